The van der Waals surface area contributed by atoms with Crippen LogP contribution in [0.1, 0.15) is 25.3 Å². The lowest BCUT2D eigenvalue weighted by Gasteiger charge is -2.11. The maximum atomic E-state index is 11.4. The lowest BCUT2D eigenvalue weighted by atomic mass is 9.94. The molecule has 0 fully saturated rings. The molecule has 0 saturated heterocycles. The molecule has 3 nitrogen and oxygen atoms in total. The van der Waals surface area contributed by atoms with Crippen LogP contribution < -0.4 is 5.73 Å². The van der Waals surface area contributed by atoms with Gasteiger partial charge in [0.25, 0.3) is 0 Å². The van der Waals surface area contributed by atoms with E-state index in [1.54, 1.807) is 0 Å². The zero-order chi connectivity index (χ0) is 12.3. The standard InChI is InChI=1S/C14H18N2O/c1-2-5-10(14(15)17)8-11-9-16-13-7-4-3-6-12(11)13/h3-4,6-7,9-10,16H,2,5,8H2,1H3,(H2,15,17). The Morgan fingerprint density at radius 1 is 1.41 bits per heavy atom. The number of hydrogen-bond acceptors (Lipinski definition) is 1. The largest absolute Gasteiger partial charge is 0.369 e. The third-order valence-electron chi connectivity index (χ3n) is 3.18. The van der Waals surface area contributed by atoms with Crippen molar-refractivity contribution in [1.29, 1.82) is 0 Å². The Labute approximate surface area is 101 Å². The molecule has 2 aromatic rings. The van der Waals surface area contributed by atoms with E-state index in [1.165, 1.54) is 10.9 Å². The van der Waals surface area contributed by atoms with Crippen LogP contribution in [0.5, 0.6) is 0 Å². The molecule has 1 amide bonds. The van der Waals surface area contributed by atoms with E-state index < -0.39 is 0 Å². The summed E-state index contributed by atoms with van der Waals surface area (Å²) in [5.74, 6) is -0.253. The average molecular weight is 230 g/mol. The number of carbonyl (C=O) groups excluding carboxylic acids is 1. The summed E-state index contributed by atoms with van der Waals surface area (Å²) in [5, 5.41) is 1.19. The molecule has 0 aliphatic heterocycles. The Kier molecular flexibility index (Phi) is 3.47. The molecule has 1 unspecified atom stereocenters. The third-order valence-corrected chi connectivity index (χ3v) is 3.18. The SMILES string of the molecule is CCCC(Cc1c[nH]c2ccccc12)C(N)=O. The minimum absolute atomic E-state index is 0.0563. The van der Waals surface area contributed by atoms with Gasteiger partial charge in [-0.1, -0.05) is 31.5 Å². The molecule has 0 bridgehead atoms. The molecular formula is C14H18N2O. The number of benzene rings is 1. The van der Waals surface area contributed by atoms with Crippen LogP contribution in [0, 0.1) is 5.92 Å². The van der Waals surface area contributed by atoms with Crippen molar-refractivity contribution in [3.05, 3.63) is 36.0 Å². The molecule has 0 spiro atoms. The summed E-state index contributed by atoms with van der Waals surface area (Å²) in [6.07, 6.45) is 4.55. The Morgan fingerprint density at radius 3 is 2.88 bits per heavy atom. The van der Waals surface area contributed by atoms with Gasteiger partial charge in [-0.15, -0.1) is 0 Å². The Bertz CT molecular complexity index is 516. The van der Waals surface area contributed by atoms with Crippen LogP contribution in [0.15, 0.2) is 30.5 Å². The second-order valence-electron chi connectivity index (χ2n) is 4.45. The van der Waals surface area contributed by atoms with E-state index in [0.29, 0.717) is 0 Å². The fourth-order valence-corrected chi connectivity index (χ4v) is 2.26. The molecule has 2 rings (SSSR count). The van der Waals surface area contributed by atoms with E-state index >= 15 is 0 Å². The number of fused-ring (bicyclic) bond motifs is 1. The third kappa shape index (κ3) is 2.49. The highest BCUT2D eigenvalue weighted by Gasteiger charge is 2.16. The van der Waals surface area contributed by atoms with E-state index in [0.717, 1.165) is 24.8 Å². The predicted molar refractivity (Wildman–Crippen MR) is 69.6 cm³/mol. The smallest absolute Gasteiger partial charge is 0.220 e. The van der Waals surface area contributed by atoms with Gasteiger partial charge in [0.05, 0.1) is 0 Å². The van der Waals surface area contributed by atoms with Gasteiger partial charge >= 0.3 is 0 Å². The topological polar surface area (TPSA) is 58.9 Å². The molecule has 1 aromatic heterocycles. The highest BCUT2D eigenvalue weighted by atomic mass is 16.1. The lowest BCUT2D eigenvalue weighted by molar-refractivity contribution is -0.121. The predicted octanol–water partition coefficient (Wildman–Crippen LogP) is 2.61. The highest BCUT2D eigenvalue weighted by Crippen LogP contribution is 2.22. The molecule has 0 saturated carbocycles. The number of nitrogens with two attached hydrogens (primary N) is 1. The van der Waals surface area contributed by atoms with Crippen LogP contribution in [0.25, 0.3) is 10.9 Å². The molecule has 3 N–H and O–H groups in total. The van der Waals surface area contributed by atoms with E-state index in [4.69, 9.17) is 5.73 Å². The molecule has 1 atom stereocenters. The molecule has 90 valence electrons. The van der Waals surface area contributed by atoms with Gasteiger partial charge in [0.2, 0.25) is 5.91 Å². The summed E-state index contributed by atoms with van der Waals surface area (Å²) in [6, 6.07) is 8.13. The lowest BCUT2D eigenvalue weighted by Crippen LogP contribution is -2.24. The number of rotatable bonds is 5. The van der Waals surface area contributed by atoms with Gasteiger partial charge in [-0.3, -0.25) is 4.79 Å². The van der Waals surface area contributed by atoms with Crippen molar-refractivity contribution in [2.75, 3.05) is 0 Å². The first kappa shape index (κ1) is 11.7. The van der Waals surface area contributed by atoms with Crippen LogP contribution in [-0.4, -0.2) is 10.9 Å². The summed E-state index contributed by atoms with van der Waals surface area (Å²) in [4.78, 5) is 14.6. The molecule has 0 radical (unpaired) electrons. The molecule has 1 aromatic carbocycles. The highest BCUT2D eigenvalue weighted by molar-refractivity contribution is 5.84. The summed E-state index contributed by atoms with van der Waals surface area (Å²) in [6.45, 7) is 2.07. The van der Waals surface area contributed by atoms with Gasteiger partial charge < -0.3 is 10.7 Å². The van der Waals surface area contributed by atoms with Crippen molar-refractivity contribution in [3.8, 4) is 0 Å². The maximum Gasteiger partial charge on any atom is 0.220 e. The summed E-state index contributed by atoms with van der Waals surface area (Å²) < 4.78 is 0. The number of carbonyl (C=O) groups is 1. The molecule has 0 aliphatic carbocycles. The fourth-order valence-electron chi connectivity index (χ4n) is 2.26. The first-order valence-electron chi connectivity index (χ1n) is 6.06. The maximum absolute atomic E-state index is 11.4. The van der Waals surface area contributed by atoms with E-state index in [9.17, 15) is 4.79 Å². The van der Waals surface area contributed by atoms with Crippen molar-refractivity contribution in [1.82, 2.24) is 4.98 Å². The van der Waals surface area contributed by atoms with Gasteiger partial charge in [0.1, 0.15) is 0 Å². The Morgan fingerprint density at radius 2 is 2.18 bits per heavy atom. The normalized spacial score (nSPS) is 12.8. The molecule has 17 heavy (non-hydrogen) atoms. The van der Waals surface area contributed by atoms with Gasteiger partial charge in [-0.25, -0.2) is 0 Å². The van der Waals surface area contributed by atoms with E-state index in [2.05, 4.69) is 18.0 Å². The van der Waals surface area contributed by atoms with Crippen molar-refractivity contribution < 1.29 is 4.79 Å². The Balaban J connectivity index is 2.25. The molecule has 3 heteroatoms. The minimum Gasteiger partial charge on any atom is -0.369 e. The molecule has 1 heterocycles. The van der Waals surface area contributed by atoms with Crippen LogP contribution >= 0.6 is 0 Å². The average Bonchev–Trinajstić information content (AvgIpc) is 2.72. The summed E-state index contributed by atoms with van der Waals surface area (Å²) in [7, 11) is 0. The fraction of sp³-hybridized carbons (Fsp3) is 0.357. The van der Waals surface area contributed by atoms with Gasteiger partial charge in [0.15, 0.2) is 0 Å². The van der Waals surface area contributed by atoms with Crippen molar-refractivity contribution in [2.24, 2.45) is 11.7 Å². The Hall–Kier alpha value is -1.77. The number of nitrogens with one attached hydrogen (secondary N) is 1. The first-order chi connectivity index (χ1) is 8.22. The van der Waals surface area contributed by atoms with Crippen molar-refractivity contribution in [3.63, 3.8) is 0 Å². The zero-order valence-electron chi connectivity index (χ0n) is 10.1. The van der Waals surface area contributed by atoms with Crippen molar-refractivity contribution >= 4 is 16.8 Å². The van der Waals surface area contributed by atoms with Crippen LogP contribution in [0.3, 0.4) is 0 Å². The monoisotopic (exact) mass is 230 g/mol. The summed E-state index contributed by atoms with van der Waals surface area (Å²) >= 11 is 0. The van der Waals surface area contributed by atoms with Gasteiger partial charge in [-0.05, 0) is 24.5 Å². The van der Waals surface area contributed by atoms with E-state index in [-0.39, 0.29) is 11.8 Å². The number of aromatic amines is 1. The quantitative estimate of drug-likeness (QED) is 0.815. The number of amides is 1. The van der Waals surface area contributed by atoms with Crippen LogP contribution in [-0.2, 0) is 11.2 Å². The first-order valence-corrected chi connectivity index (χ1v) is 6.06. The number of aromatic nitrogens is 1. The molecule has 0 aliphatic rings. The number of H-pyrrole nitrogens is 1. The number of primary amides is 1. The van der Waals surface area contributed by atoms with Crippen LogP contribution in [0.4, 0.5) is 0 Å². The van der Waals surface area contributed by atoms with Gasteiger partial charge in [-0.2, -0.15) is 0 Å². The molecular weight excluding hydrogens is 212 g/mol. The number of hydrogen-bond donors (Lipinski definition) is 2. The van der Waals surface area contributed by atoms with Crippen molar-refractivity contribution in [2.45, 2.75) is 26.2 Å². The zero-order valence-corrected chi connectivity index (χ0v) is 10.1. The second-order valence-corrected chi connectivity index (χ2v) is 4.45. The van der Waals surface area contributed by atoms with Crippen LogP contribution in [0.2, 0.25) is 0 Å². The summed E-state index contributed by atoms with van der Waals surface area (Å²) in [5.41, 5.74) is 7.73. The van der Waals surface area contributed by atoms with E-state index in [1.807, 2.05) is 24.4 Å². The second kappa shape index (κ2) is 5.04. The van der Waals surface area contributed by atoms with Gasteiger partial charge in [0, 0.05) is 23.0 Å². The number of para-hydroxylation sites is 1. The minimum atomic E-state index is -0.197.